The molecule has 3 N–H and O–H groups in total. The van der Waals surface area contributed by atoms with E-state index in [4.69, 9.17) is 10.8 Å². The Hall–Kier alpha value is -1.30. The fraction of sp³-hybridized carbons (Fsp3) is 0.750. The summed E-state index contributed by atoms with van der Waals surface area (Å²) in [5.41, 5.74) is 5.70. The predicted molar refractivity (Wildman–Crippen MR) is 47.7 cm³/mol. The van der Waals surface area contributed by atoms with E-state index < -0.39 is 18.0 Å². The summed E-state index contributed by atoms with van der Waals surface area (Å²) in [5.74, 6) is -0.978. The van der Waals surface area contributed by atoms with Crippen LogP contribution in [0, 0.1) is 5.92 Å². The highest BCUT2D eigenvalue weighted by molar-refractivity contribution is 5.75. The first kappa shape index (κ1) is 10.8. The minimum Gasteiger partial charge on any atom is -0.469 e. The largest absolute Gasteiger partial charge is 0.469 e. The lowest BCUT2D eigenvalue weighted by Gasteiger charge is -2.33. The molecule has 6 nitrogen and oxygen atoms in total. The van der Waals surface area contributed by atoms with Gasteiger partial charge in [0.2, 0.25) is 0 Å². The molecule has 2 atom stereocenters. The predicted octanol–water partition coefficient (Wildman–Crippen LogP) is -0.513. The maximum Gasteiger partial charge on any atom is 0.407 e. The van der Waals surface area contributed by atoms with Gasteiger partial charge >= 0.3 is 12.1 Å². The van der Waals surface area contributed by atoms with Crippen molar-refractivity contribution in [3.05, 3.63) is 0 Å². The Balaban J connectivity index is 2.64. The SMILES string of the molecule is COC(=O)[C@H]1CN(C(=O)O)CC[C@@H]1N. The highest BCUT2D eigenvalue weighted by Crippen LogP contribution is 2.16. The second-order valence-electron chi connectivity index (χ2n) is 3.31. The molecule has 1 rings (SSSR count). The molecule has 0 radical (unpaired) electrons. The summed E-state index contributed by atoms with van der Waals surface area (Å²) in [5, 5.41) is 8.73. The molecule has 0 unspecified atom stereocenters. The van der Waals surface area contributed by atoms with Gasteiger partial charge in [0.1, 0.15) is 0 Å². The van der Waals surface area contributed by atoms with Gasteiger partial charge in [0.15, 0.2) is 0 Å². The molecule has 0 aromatic carbocycles. The van der Waals surface area contributed by atoms with E-state index in [1.165, 1.54) is 12.0 Å². The van der Waals surface area contributed by atoms with Crippen molar-refractivity contribution in [2.45, 2.75) is 12.5 Å². The number of hydrogen-bond donors (Lipinski definition) is 2. The van der Waals surface area contributed by atoms with Gasteiger partial charge in [0.25, 0.3) is 0 Å². The number of amides is 1. The minimum absolute atomic E-state index is 0.128. The number of rotatable bonds is 1. The van der Waals surface area contributed by atoms with Crippen LogP contribution in [0.5, 0.6) is 0 Å². The first-order valence-corrected chi connectivity index (χ1v) is 4.37. The van der Waals surface area contributed by atoms with E-state index in [0.717, 1.165) is 0 Å². The Labute approximate surface area is 81.6 Å². The molecule has 0 saturated carbocycles. The second-order valence-corrected chi connectivity index (χ2v) is 3.31. The van der Waals surface area contributed by atoms with Crippen LogP contribution in [-0.4, -0.2) is 48.3 Å². The van der Waals surface area contributed by atoms with Gasteiger partial charge in [-0.1, -0.05) is 0 Å². The number of piperidine rings is 1. The third-order valence-electron chi connectivity index (χ3n) is 2.44. The van der Waals surface area contributed by atoms with Gasteiger partial charge in [-0.15, -0.1) is 0 Å². The minimum atomic E-state index is -1.02. The number of hydrogen-bond acceptors (Lipinski definition) is 4. The summed E-state index contributed by atoms with van der Waals surface area (Å²) < 4.78 is 4.55. The Morgan fingerprint density at radius 2 is 2.21 bits per heavy atom. The topological polar surface area (TPSA) is 92.9 Å². The van der Waals surface area contributed by atoms with E-state index >= 15 is 0 Å². The molecule has 0 aliphatic carbocycles. The summed E-state index contributed by atoms with van der Waals surface area (Å²) in [4.78, 5) is 23.1. The fourth-order valence-corrected chi connectivity index (χ4v) is 1.54. The van der Waals surface area contributed by atoms with Crippen molar-refractivity contribution in [2.24, 2.45) is 11.7 Å². The van der Waals surface area contributed by atoms with Crippen LogP contribution in [-0.2, 0) is 9.53 Å². The van der Waals surface area contributed by atoms with Gasteiger partial charge in [-0.3, -0.25) is 4.79 Å². The molecule has 1 fully saturated rings. The van der Waals surface area contributed by atoms with Crippen LogP contribution in [0.25, 0.3) is 0 Å². The maximum atomic E-state index is 11.2. The summed E-state index contributed by atoms with van der Waals surface area (Å²) in [6.45, 7) is 0.507. The molecular formula is C8H14N2O4. The van der Waals surface area contributed by atoms with Crippen molar-refractivity contribution in [3.63, 3.8) is 0 Å². The molecule has 0 aromatic heterocycles. The van der Waals surface area contributed by atoms with Crippen LogP contribution in [0.3, 0.4) is 0 Å². The number of methoxy groups -OCH3 is 1. The van der Waals surface area contributed by atoms with E-state index in [1.54, 1.807) is 0 Å². The summed E-state index contributed by atoms with van der Waals surface area (Å²) in [6.07, 6.45) is -0.530. The number of nitrogens with zero attached hydrogens (tertiary/aromatic N) is 1. The number of carbonyl (C=O) groups excluding carboxylic acids is 1. The monoisotopic (exact) mass is 202 g/mol. The number of ether oxygens (including phenoxy) is 1. The van der Waals surface area contributed by atoms with E-state index in [1.807, 2.05) is 0 Å². The van der Waals surface area contributed by atoms with Crippen LogP contribution in [0.1, 0.15) is 6.42 Å². The lowest BCUT2D eigenvalue weighted by atomic mass is 9.93. The molecule has 0 spiro atoms. The van der Waals surface area contributed by atoms with Crippen LogP contribution in [0.4, 0.5) is 4.79 Å². The average molecular weight is 202 g/mol. The van der Waals surface area contributed by atoms with Crippen molar-refractivity contribution in [2.75, 3.05) is 20.2 Å². The van der Waals surface area contributed by atoms with Crippen molar-refractivity contribution in [1.29, 1.82) is 0 Å². The molecule has 1 saturated heterocycles. The number of nitrogens with two attached hydrogens (primary N) is 1. The zero-order valence-electron chi connectivity index (χ0n) is 7.97. The van der Waals surface area contributed by atoms with Gasteiger partial charge in [0, 0.05) is 19.1 Å². The van der Waals surface area contributed by atoms with Crippen LogP contribution in [0.2, 0.25) is 0 Å². The second kappa shape index (κ2) is 4.28. The van der Waals surface area contributed by atoms with E-state index in [2.05, 4.69) is 4.74 Å². The maximum absolute atomic E-state index is 11.2. The lowest BCUT2D eigenvalue weighted by molar-refractivity contribution is -0.147. The quantitative estimate of drug-likeness (QED) is 0.558. The third kappa shape index (κ3) is 2.14. The molecule has 1 aliphatic rings. The molecule has 0 aromatic rings. The van der Waals surface area contributed by atoms with E-state index in [-0.39, 0.29) is 12.6 Å². The Morgan fingerprint density at radius 3 is 2.71 bits per heavy atom. The third-order valence-corrected chi connectivity index (χ3v) is 2.44. The molecule has 6 heteroatoms. The zero-order chi connectivity index (χ0) is 10.7. The molecule has 0 bridgehead atoms. The first-order chi connectivity index (χ1) is 6.56. The van der Waals surface area contributed by atoms with Crippen molar-refractivity contribution in [3.8, 4) is 0 Å². The Kier molecular flexibility index (Phi) is 3.29. The van der Waals surface area contributed by atoms with Gasteiger partial charge in [-0.2, -0.15) is 0 Å². The zero-order valence-corrected chi connectivity index (χ0v) is 7.97. The highest BCUT2D eigenvalue weighted by atomic mass is 16.5. The number of likely N-dealkylation sites (tertiary alicyclic amines) is 1. The van der Waals surface area contributed by atoms with Crippen LogP contribution < -0.4 is 5.73 Å². The van der Waals surface area contributed by atoms with E-state index in [9.17, 15) is 9.59 Å². The lowest BCUT2D eigenvalue weighted by Crippen LogP contribution is -2.51. The molecule has 1 amide bonds. The first-order valence-electron chi connectivity index (χ1n) is 4.37. The molecule has 80 valence electrons. The fourth-order valence-electron chi connectivity index (χ4n) is 1.54. The number of carbonyl (C=O) groups is 2. The standard InChI is InChI=1S/C8H14N2O4/c1-14-7(11)5-4-10(8(12)13)3-2-6(5)9/h5-6H,2-4,9H2,1H3,(H,12,13)/t5-,6-/m0/s1. The van der Waals surface area contributed by atoms with Crippen molar-refractivity contribution >= 4 is 12.1 Å². The van der Waals surface area contributed by atoms with Gasteiger partial charge in [0.05, 0.1) is 13.0 Å². The average Bonchev–Trinajstić information content (AvgIpc) is 2.17. The van der Waals surface area contributed by atoms with Gasteiger partial charge < -0.3 is 20.5 Å². The molecule has 14 heavy (non-hydrogen) atoms. The van der Waals surface area contributed by atoms with Crippen LogP contribution >= 0.6 is 0 Å². The summed E-state index contributed by atoms with van der Waals surface area (Å²) in [7, 11) is 1.27. The van der Waals surface area contributed by atoms with Crippen molar-refractivity contribution < 1.29 is 19.4 Å². The van der Waals surface area contributed by atoms with Gasteiger partial charge in [-0.05, 0) is 6.42 Å². The molecule has 1 aliphatic heterocycles. The van der Waals surface area contributed by atoms with E-state index in [0.29, 0.717) is 13.0 Å². The van der Waals surface area contributed by atoms with Crippen LogP contribution in [0.15, 0.2) is 0 Å². The van der Waals surface area contributed by atoms with Gasteiger partial charge in [-0.25, -0.2) is 4.79 Å². The number of esters is 1. The number of carboxylic acid groups (broad SMARTS) is 1. The molecular weight excluding hydrogens is 188 g/mol. The highest BCUT2D eigenvalue weighted by Gasteiger charge is 2.34. The Bertz CT molecular complexity index is 243. The molecule has 1 heterocycles. The smallest absolute Gasteiger partial charge is 0.407 e. The van der Waals surface area contributed by atoms with Crippen molar-refractivity contribution in [1.82, 2.24) is 4.90 Å². The Morgan fingerprint density at radius 1 is 1.57 bits per heavy atom. The summed E-state index contributed by atoms with van der Waals surface area (Å²) in [6, 6.07) is -0.307. The summed E-state index contributed by atoms with van der Waals surface area (Å²) >= 11 is 0. The normalized spacial score (nSPS) is 27.1.